The van der Waals surface area contributed by atoms with Gasteiger partial charge in [0.15, 0.2) is 0 Å². The van der Waals surface area contributed by atoms with E-state index < -0.39 is 0 Å². The molecule has 0 saturated heterocycles. The number of thiazole rings is 1. The van der Waals surface area contributed by atoms with Crippen molar-refractivity contribution >= 4 is 39.6 Å². The molecule has 0 spiro atoms. The minimum absolute atomic E-state index is 0.141. The number of anilines is 1. The maximum absolute atomic E-state index is 12.5. The molecule has 28 heavy (non-hydrogen) atoms. The standard InChI is InChI=1S/C20H19N3O3S2/c1-2-26-20(25)17-14(12-6-7-12)11-28-19(17)23-16(24)9-13-10-27-18(22-13)15-5-3-4-8-21-15/h3-5,8,10-12H,2,6-7,9H2,1H3,(H,23,24). The summed E-state index contributed by atoms with van der Waals surface area (Å²) in [4.78, 5) is 33.7. The lowest BCUT2D eigenvalue weighted by molar-refractivity contribution is -0.115. The third-order valence-corrected chi connectivity index (χ3v) is 6.17. The topological polar surface area (TPSA) is 81.2 Å². The maximum Gasteiger partial charge on any atom is 0.341 e. The highest BCUT2D eigenvalue weighted by Gasteiger charge is 2.32. The van der Waals surface area contributed by atoms with Crippen LogP contribution in [-0.4, -0.2) is 28.5 Å². The molecule has 0 aliphatic heterocycles. The van der Waals surface area contributed by atoms with E-state index in [1.807, 2.05) is 29.0 Å². The van der Waals surface area contributed by atoms with E-state index in [0.717, 1.165) is 29.1 Å². The second kappa shape index (κ2) is 8.20. The van der Waals surface area contributed by atoms with Gasteiger partial charge in [0.25, 0.3) is 0 Å². The fourth-order valence-electron chi connectivity index (χ4n) is 2.90. The zero-order valence-electron chi connectivity index (χ0n) is 15.3. The van der Waals surface area contributed by atoms with E-state index in [2.05, 4.69) is 15.3 Å². The highest BCUT2D eigenvalue weighted by atomic mass is 32.1. The number of hydrogen-bond donors (Lipinski definition) is 1. The van der Waals surface area contributed by atoms with E-state index in [0.29, 0.717) is 28.8 Å². The Hall–Kier alpha value is -2.58. The molecule has 0 radical (unpaired) electrons. The SMILES string of the molecule is CCOC(=O)c1c(C2CC2)csc1NC(=O)Cc1csc(-c2ccccn2)n1. The van der Waals surface area contributed by atoms with E-state index in [9.17, 15) is 9.59 Å². The normalized spacial score (nSPS) is 13.3. The van der Waals surface area contributed by atoms with Gasteiger partial charge in [-0.05, 0) is 48.8 Å². The van der Waals surface area contributed by atoms with Crippen LogP contribution in [0.25, 0.3) is 10.7 Å². The predicted molar refractivity (Wildman–Crippen MR) is 110 cm³/mol. The highest BCUT2D eigenvalue weighted by Crippen LogP contribution is 2.46. The molecule has 0 unspecified atom stereocenters. The number of ether oxygens (including phenoxy) is 1. The lowest BCUT2D eigenvalue weighted by Gasteiger charge is -2.07. The van der Waals surface area contributed by atoms with Crippen molar-refractivity contribution in [3.8, 4) is 10.7 Å². The van der Waals surface area contributed by atoms with Crippen LogP contribution in [0, 0.1) is 0 Å². The fraction of sp³-hybridized carbons (Fsp3) is 0.300. The van der Waals surface area contributed by atoms with Gasteiger partial charge in [0.05, 0.1) is 30.0 Å². The molecule has 3 heterocycles. The molecule has 1 fully saturated rings. The van der Waals surface area contributed by atoms with Crippen molar-refractivity contribution in [1.29, 1.82) is 0 Å². The molecule has 3 aromatic heterocycles. The maximum atomic E-state index is 12.5. The van der Waals surface area contributed by atoms with Crippen LogP contribution < -0.4 is 5.32 Å². The largest absolute Gasteiger partial charge is 0.462 e. The average molecular weight is 414 g/mol. The third kappa shape index (κ3) is 4.13. The van der Waals surface area contributed by atoms with Gasteiger partial charge in [0.1, 0.15) is 10.0 Å². The van der Waals surface area contributed by atoms with E-state index in [-0.39, 0.29) is 18.3 Å². The molecule has 1 saturated carbocycles. The molecule has 144 valence electrons. The van der Waals surface area contributed by atoms with Gasteiger partial charge in [-0.3, -0.25) is 9.78 Å². The molecule has 1 amide bonds. The summed E-state index contributed by atoms with van der Waals surface area (Å²) >= 11 is 2.84. The number of amides is 1. The summed E-state index contributed by atoms with van der Waals surface area (Å²) < 4.78 is 5.20. The Morgan fingerprint density at radius 3 is 2.82 bits per heavy atom. The Balaban J connectivity index is 1.47. The summed E-state index contributed by atoms with van der Waals surface area (Å²) in [6, 6.07) is 5.64. The minimum Gasteiger partial charge on any atom is -0.462 e. The van der Waals surface area contributed by atoms with Crippen molar-refractivity contribution in [1.82, 2.24) is 9.97 Å². The number of pyridine rings is 1. The van der Waals surface area contributed by atoms with Gasteiger partial charge in [-0.15, -0.1) is 22.7 Å². The summed E-state index contributed by atoms with van der Waals surface area (Å²) in [6.45, 7) is 2.09. The summed E-state index contributed by atoms with van der Waals surface area (Å²) in [7, 11) is 0. The second-order valence-corrected chi connectivity index (χ2v) is 8.21. The number of aromatic nitrogens is 2. The number of esters is 1. The van der Waals surface area contributed by atoms with E-state index in [1.165, 1.54) is 22.7 Å². The lowest BCUT2D eigenvalue weighted by atomic mass is 10.1. The Kier molecular flexibility index (Phi) is 5.50. The molecule has 4 rings (SSSR count). The van der Waals surface area contributed by atoms with Crippen molar-refractivity contribution in [2.24, 2.45) is 0 Å². The van der Waals surface area contributed by atoms with E-state index in [4.69, 9.17) is 4.74 Å². The highest BCUT2D eigenvalue weighted by molar-refractivity contribution is 7.15. The molecule has 1 N–H and O–H groups in total. The van der Waals surface area contributed by atoms with E-state index in [1.54, 1.807) is 13.1 Å². The van der Waals surface area contributed by atoms with Crippen LogP contribution >= 0.6 is 22.7 Å². The fourth-order valence-corrected chi connectivity index (χ4v) is 4.74. The summed E-state index contributed by atoms with van der Waals surface area (Å²) in [5.74, 6) is -0.166. The Bertz CT molecular complexity index is 993. The lowest BCUT2D eigenvalue weighted by Crippen LogP contribution is -2.17. The van der Waals surface area contributed by atoms with Crippen molar-refractivity contribution < 1.29 is 14.3 Å². The van der Waals surface area contributed by atoms with Crippen molar-refractivity contribution in [2.75, 3.05) is 11.9 Å². The molecule has 1 aliphatic rings. The number of nitrogens with one attached hydrogen (secondary N) is 1. The smallest absolute Gasteiger partial charge is 0.341 e. The molecular weight excluding hydrogens is 394 g/mol. The molecule has 3 aromatic rings. The van der Waals surface area contributed by atoms with Crippen molar-refractivity contribution in [3.05, 3.63) is 52.0 Å². The third-order valence-electron chi connectivity index (χ3n) is 4.35. The Morgan fingerprint density at radius 1 is 1.25 bits per heavy atom. The van der Waals surface area contributed by atoms with Gasteiger partial charge in [-0.25, -0.2) is 9.78 Å². The predicted octanol–water partition coefficient (Wildman–Crippen LogP) is 4.50. The van der Waals surface area contributed by atoms with Crippen LogP contribution in [0.15, 0.2) is 35.2 Å². The van der Waals surface area contributed by atoms with Crippen LogP contribution in [0.4, 0.5) is 5.00 Å². The monoisotopic (exact) mass is 413 g/mol. The van der Waals surface area contributed by atoms with Gasteiger partial charge in [-0.1, -0.05) is 6.07 Å². The average Bonchev–Trinajstić information content (AvgIpc) is 3.29. The quantitative estimate of drug-likeness (QED) is 0.577. The number of carbonyl (C=O) groups excluding carboxylic acids is 2. The first-order chi connectivity index (χ1) is 13.7. The minimum atomic E-state index is -0.368. The second-order valence-electron chi connectivity index (χ2n) is 6.47. The first-order valence-corrected chi connectivity index (χ1v) is 10.9. The molecule has 0 bridgehead atoms. The number of nitrogens with zero attached hydrogens (tertiary/aromatic N) is 2. The van der Waals surface area contributed by atoms with Crippen LogP contribution in [0.1, 0.15) is 47.3 Å². The molecule has 8 heteroatoms. The molecule has 6 nitrogen and oxygen atoms in total. The first-order valence-electron chi connectivity index (χ1n) is 9.10. The number of rotatable bonds is 7. The van der Waals surface area contributed by atoms with Crippen molar-refractivity contribution in [2.45, 2.75) is 32.1 Å². The van der Waals surface area contributed by atoms with Crippen LogP contribution in [0.5, 0.6) is 0 Å². The Morgan fingerprint density at radius 2 is 2.11 bits per heavy atom. The van der Waals surface area contributed by atoms with Gasteiger partial charge in [0, 0.05) is 11.6 Å². The van der Waals surface area contributed by atoms with Crippen molar-refractivity contribution in [3.63, 3.8) is 0 Å². The van der Waals surface area contributed by atoms with Gasteiger partial charge in [-0.2, -0.15) is 0 Å². The van der Waals surface area contributed by atoms with Crippen LogP contribution in [0.2, 0.25) is 0 Å². The number of thiophene rings is 1. The van der Waals surface area contributed by atoms with E-state index >= 15 is 0 Å². The zero-order valence-corrected chi connectivity index (χ0v) is 16.9. The summed E-state index contributed by atoms with van der Waals surface area (Å²) in [6.07, 6.45) is 4.01. The zero-order chi connectivity index (χ0) is 19.5. The van der Waals surface area contributed by atoms with Gasteiger partial charge < -0.3 is 10.1 Å². The summed E-state index contributed by atoms with van der Waals surface area (Å²) in [5.41, 5.74) is 2.97. The van der Waals surface area contributed by atoms with Gasteiger partial charge >= 0.3 is 5.97 Å². The molecule has 0 aromatic carbocycles. The number of hydrogen-bond acceptors (Lipinski definition) is 7. The van der Waals surface area contributed by atoms with Crippen LogP contribution in [0.3, 0.4) is 0 Å². The van der Waals surface area contributed by atoms with Gasteiger partial charge in [0.2, 0.25) is 5.91 Å². The van der Waals surface area contributed by atoms with Crippen LogP contribution in [-0.2, 0) is 16.0 Å². The number of carbonyl (C=O) groups is 2. The first kappa shape index (κ1) is 18.8. The molecular formula is C20H19N3O3S2. The summed E-state index contributed by atoms with van der Waals surface area (Å²) in [5, 5.41) is 8.04. The molecule has 0 atom stereocenters. The Labute approximate surface area is 170 Å². The molecule has 1 aliphatic carbocycles.